The monoisotopic (exact) mass is 246 g/mol. The minimum atomic E-state index is -0.205. The van der Waals surface area contributed by atoms with Gasteiger partial charge in [-0.05, 0) is 25.4 Å². The molecular formula is C9H14N2O2S2. The summed E-state index contributed by atoms with van der Waals surface area (Å²) in [5, 5.41) is 0. The maximum absolute atomic E-state index is 11.2. The number of aromatic nitrogens is 2. The molecule has 0 atom stereocenters. The molecule has 0 bridgehead atoms. The van der Waals surface area contributed by atoms with Gasteiger partial charge in [-0.3, -0.25) is 4.79 Å². The van der Waals surface area contributed by atoms with Crippen molar-refractivity contribution in [3.63, 3.8) is 0 Å². The first-order chi connectivity index (χ1) is 7.11. The second kappa shape index (κ2) is 6.07. The standard InChI is InChI=1S/C9H14N2O2S2/c1-4-7-10-9(15-11-7)14-5-8(12)13-6(2)3/h6H,4-5H2,1-3H3. The van der Waals surface area contributed by atoms with Gasteiger partial charge in [0, 0.05) is 6.42 Å². The molecule has 4 nitrogen and oxygen atoms in total. The van der Waals surface area contributed by atoms with E-state index in [1.165, 1.54) is 23.3 Å². The van der Waals surface area contributed by atoms with Crippen molar-refractivity contribution in [3.8, 4) is 0 Å². The van der Waals surface area contributed by atoms with E-state index in [2.05, 4.69) is 9.36 Å². The van der Waals surface area contributed by atoms with Crippen molar-refractivity contribution >= 4 is 29.3 Å². The Bertz CT molecular complexity index is 326. The molecule has 0 spiro atoms. The molecule has 0 aliphatic carbocycles. The minimum Gasteiger partial charge on any atom is -0.462 e. The van der Waals surface area contributed by atoms with Crippen molar-refractivity contribution in [3.05, 3.63) is 5.82 Å². The third-order valence-electron chi connectivity index (χ3n) is 1.45. The molecule has 1 aromatic heterocycles. The Morgan fingerprint density at radius 2 is 2.33 bits per heavy atom. The first kappa shape index (κ1) is 12.4. The summed E-state index contributed by atoms with van der Waals surface area (Å²) in [5.41, 5.74) is 0. The van der Waals surface area contributed by atoms with E-state index >= 15 is 0 Å². The zero-order chi connectivity index (χ0) is 11.3. The second-order valence-corrected chi connectivity index (χ2v) is 5.13. The van der Waals surface area contributed by atoms with Crippen molar-refractivity contribution in [2.24, 2.45) is 0 Å². The fourth-order valence-corrected chi connectivity index (χ4v) is 2.34. The summed E-state index contributed by atoms with van der Waals surface area (Å²) in [6.07, 6.45) is 0.770. The van der Waals surface area contributed by atoms with Crippen molar-refractivity contribution in [2.45, 2.75) is 37.6 Å². The fourth-order valence-electron chi connectivity index (χ4n) is 0.858. The van der Waals surface area contributed by atoms with Crippen LogP contribution < -0.4 is 0 Å². The molecule has 0 unspecified atom stereocenters. The lowest BCUT2D eigenvalue weighted by molar-refractivity contribution is -0.144. The van der Waals surface area contributed by atoms with Gasteiger partial charge in [0.15, 0.2) is 4.34 Å². The molecule has 0 fully saturated rings. The number of carbonyl (C=O) groups is 1. The van der Waals surface area contributed by atoms with Crippen LogP contribution in [0.1, 0.15) is 26.6 Å². The number of rotatable bonds is 5. The summed E-state index contributed by atoms with van der Waals surface area (Å²) in [7, 11) is 0. The van der Waals surface area contributed by atoms with E-state index in [1.54, 1.807) is 0 Å². The van der Waals surface area contributed by atoms with Crippen LogP contribution in [0.5, 0.6) is 0 Å². The second-order valence-electron chi connectivity index (χ2n) is 3.16. The zero-order valence-electron chi connectivity index (χ0n) is 9.02. The van der Waals surface area contributed by atoms with Gasteiger partial charge in [0.2, 0.25) is 0 Å². The number of thioether (sulfide) groups is 1. The topological polar surface area (TPSA) is 52.1 Å². The van der Waals surface area contributed by atoms with Crippen molar-refractivity contribution in [2.75, 3.05) is 5.75 Å². The predicted molar refractivity (Wildman–Crippen MR) is 61.2 cm³/mol. The van der Waals surface area contributed by atoms with E-state index in [0.29, 0.717) is 5.75 Å². The zero-order valence-corrected chi connectivity index (χ0v) is 10.7. The highest BCUT2D eigenvalue weighted by atomic mass is 32.2. The van der Waals surface area contributed by atoms with Gasteiger partial charge >= 0.3 is 5.97 Å². The van der Waals surface area contributed by atoms with E-state index in [9.17, 15) is 4.79 Å². The Hall–Kier alpha value is -0.620. The van der Waals surface area contributed by atoms with Gasteiger partial charge in [-0.2, -0.15) is 4.37 Å². The molecule has 1 aromatic rings. The Labute approximate surface area is 97.6 Å². The van der Waals surface area contributed by atoms with Crippen LogP contribution in [-0.4, -0.2) is 27.2 Å². The van der Waals surface area contributed by atoms with E-state index in [1.807, 2.05) is 20.8 Å². The molecule has 0 saturated carbocycles. The van der Waals surface area contributed by atoms with E-state index in [4.69, 9.17) is 4.74 Å². The largest absolute Gasteiger partial charge is 0.462 e. The lowest BCUT2D eigenvalue weighted by Crippen LogP contribution is -2.13. The molecule has 0 aliphatic heterocycles. The summed E-state index contributed by atoms with van der Waals surface area (Å²) in [5.74, 6) is 0.930. The predicted octanol–water partition coefficient (Wildman–Crippen LogP) is 2.14. The average molecular weight is 246 g/mol. The molecular weight excluding hydrogens is 232 g/mol. The van der Waals surface area contributed by atoms with Gasteiger partial charge in [-0.25, -0.2) is 4.98 Å². The number of aryl methyl sites for hydroxylation is 1. The molecule has 6 heteroatoms. The molecule has 0 amide bonds. The minimum absolute atomic E-state index is 0.0567. The Morgan fingerprint density at radius 1 is 1.60 bits per heavy atom. The highest BCUT2D eigenvalue weighted by molar-refractivity contribution is 8.01. The number of carbonyl (C=O) groups excluding carboxylic acids is 1. The Morgan fingerprint density at radius 3 is 2.87 bits per heavy atom. The molecule has 0 aromatic carbocycles. The van der Waals surface area contributed by atoms with Gasteiger partial charge in [0.25, 0.3) is 0 Å². The first-order valence-corrected chi connectivity index (χ1v) is 6.52. The van der Waals surface area contributed by atoms with Crippen LogP contribution >= 0.6 is 23.3 Å². The van der Waals surface area contributed by atoms with Crippen molar-refractivity contribution in [1.29, 1.82) is 0 Å². The van der Waals surface area contributed by atoms with Crippen molar-refractivity contribution < 1.29 is 9.53 Å². The lowest BCUT2D eigenvalue weighted by Gasteiger charge is -2.05. The van der Waals surface area contributed by atoms with Gasteiger partial charge in [0.05, 0.1) is 11.9 Å². The van der Waals surface area contributed by atoms with E-state index in [-0.39, 0.29) is 12.1 Å². The van der Waals surface area contributed by atoms with Crippen LogP contribution in [0.15, 0.2) is 4.34 Å². The highest BCUT2D eigenvalue weighted by Crippen LogP contribution is 2.20. The molecule has 0 aliphatic rings. The maximum atomic E-state index is 11.2. The summed E-state index contributed by atoms with van der Waals surface area (Å²) in [6.45, 7) is 5.68. The van der Waals surface area contributed by atoms with Gasteiger partial charge in [-0.15, -0.1) is 0 Å². The highest BCUT2D eigenvalue weighted by Gasteiger charge is 2.09. The normalized spacial score (nSPS) is 10.7. The number of esters is 1. The SMILES string of the molecule is CCc1nsc(SCC(=O)OC(C)C)n1. The van der Waals surface area contributed by atoms with Gasteiger partial charge < -0.3 is 4.74 Å². The average Bonchev–Trinajstić information content (AvgIpc) is 2.61. The number of hydrogen-bond donors (Lipinski definition) is 0. The molecule has 0 saturated heterocycles. The van der Waals surface area contributed by atoms with Crippen LogP contribution in [0, 0.1) is 0 Å². The van der Waals surface area contributed by atoms with Crippen LogP contribution in [0.4, 0.5) is 0 Å². The molecule has 1 heterocycles. The summed E-state index contributed by atoms with van der Waals surface area (Å²) in [6, 6.07) is 0. The number of hydrogen-bond acceptors (Lipinski definition) is 6. The summed E-state index contributed by atoms with van der Waals surface area (Å²) >= 11 is 2.71. The fraction of sp³-hybridized carbons (Fsp3) is 0.667. The van der Waals surface area contributed by atoms with Crippen LogP contribution in [0.25, 0.3) is 0 Å². The van der Waals surface area contributed by atoms with E-state index in [0.717, 1.165) is 16.6 Å². The summed E-state index contributed by atoms with van der Waals surface area (Å²) in [4.78, 5) is 15.5. The van der Waals surface area contributed by atoms with Crippen molar-refractivity contribution in [1.82, 2.24) is 9.36 Å². The number of ether oxygens (including phenoxy) is 1. The smallest absolute Gasteiger partial charge is 0.316 e. The number of nitrogens with zero attached hydrogens (tertiary/aromatic N) is 2. The maximum Gasteiger partial charge on any atom is 0.316 e. The van der Waals surface area contributed by atoms with E-state index < -0.39 is 0 Å². The van der Waals surface area contributed by atoms with Crippen LogP contribution in [0.3, 0.4) is 0 Å². The molecule has 0 radical (unpaired) electrons. The molecule has 84 valence electrons. The molecule has 15 heavy (non-hydrogen) atoms. The Balaban J connectivity index is 2.33. The Kier molecular flexibility index (Phi) is 5.04. The summed E-state index contributed by atoms with van der Waals surface area (Å²) < 4.78 is 9.96. The molecule has 1 rings (SSSR count). The lowest BCUT2D eigenvalue weighted by atomic mass is 10.5. The van der Waals surface area contributed by atoms with Crippen LogP contribution in [-0.2, 0) is 16.0 Å². The molecule has 0 N–H and O–H groups in total. The van der Waals surface area contributed by atoms with Gasteiger partial charge in [-0.1, -0.05) is 18.7 Å². The van der Waals surface area contributed by atoms with Gasteiger partial charge in [0.1, 0.15) is 5.82 Å². The first-order valence-electron chi connectivity index (χ1n) is 4.76. The van der Waals surface area contributed by atoms with Crippen LogP contribution in [0.2, 0.25) is 0 Å². The third-order valence-corrected chi connectivity index (χ3v) is 3.29. The third kappa shape index (κ3) is 4.61. The quantitative estimate of drug-likeness (QED) is 0.588.